The Balaban J connectivity index is 2.82. The Labute approximate surface area is 98.1 Å². The number of hydrogen-bond acceptors (Lipinski definition) is 2. The van der Waals surface area contributed by atoms with Crippen molar-refractivity contribution in [3.63, 3.8) is 0 Å². The third-order valence-corrected chi connectivity index (χ3v) is 3.87. The van der Waals surface area contributed by atoms with Crippen LogP contribution < -0.4 is 0 Å². The van der Waals surface area contributed by atoms with Crippen LogP contribution in [0, 0.1) is 14.2 Å². The number of rotatable bonds is 0. The molecule has 0 amide bonds. The zero-order valence-electron chi connectivity index (χ0n) is 6.34. The van der Waals surface area contributed by atoms with Gasteiger partial charge in [-0.05, 0) is 46.2 Å². The van der Waals surface area contributed by atoms with Gasteiger partial charge in [0.1, 0.15) is 6.07 Å². The minimum Gasteiger partial charge on any atom is -0.192 e. The minimum atomic E-state index is 0.535. The van der Waals surface area contributed by atoms with Crippen LogP contribution in [0.5, 0.6) is 0 Å². The molecule has 2 aromatic rings. The summed E-state index contributed by atoms with van der Waals surface area (Å²) >= 11 is 9.83. The van der Waals surface area contributed by atoms with Crippen molar-refractivity contribution in [1.29, 1.82) is 5.26 Å². The van der Waals surface area contributed by atoms with Gasteiger partial charge < -0.3 is 0 Å². The van der Waals surface area contributed by atoms with Gasteiger partial charge in [-0.25, -0.2) is 0 Å². The molecule has 64 valence electrons. The van der Waals surface area contributed by atoms with E-state index in [2.05, 4.69) is 34.7 Å². The predicted octanol–water partition coefficient (Wildman–Crippen LogP) is 4.03. The van der Waals surface area contributed by atoms with E-state index < -0.39 is 0 Å². The molecule has 0 spiro atoms. The number of benzene rings is 1. The fourth-order valence-corrected chi connectivity index (χ4v) is 3.24. The van der Waals surface area contributed by atoms with E-state index in [4.69, 9.17) is 16.9 Å². The Morgan fingerprint density at radius 3 is 2.85 bits per heavy atom. The van der Waals surface area contributed by atoms with Crippen LogP contribution in [-0.4, -0.2) is 0 Å². The van der Waals surface area contributed by atoms with Gasteiger partial charge in [-0.3, -0.25) is 0 Å². The summed E-state index contributed by atoms with van der Waals surface area (Å²) in [6, 6.07) is 7.80. The van der Waals surface area contributed by atoms with E-state index >= 15 is 0 Å². The van der Waals surface area contributed by atoms with Crippen molar-refractivity contribution in [1.82, 2.24) is 0 Å². The quantitative estimate of drug-likeness (QED) is 0.673. The van der Waals surface area contributed by atoms with Crippen LogP contribution in [0.4, 0.5) is 0 Å². The molecule has 0 atom stereocenters. The summed E-state index contributed by atoms with van der Waals surface area (Å²) in [6.07, 6.45) is 0. The molecule has 0 saturated carbocycles. The highest BCUT2D eigenvalue weighted by atomic mass is 127. The van der Waals surface area contributed by atoms with E-state index in [9.17, 15) is 0 Å². The molecule has 0 aliphatic rings. The first-order valence-electron chi connectivity index (χ1n) is 3.49. The highest BCUT2D eigenvalue weighted by Crippen LogP contribution is 2.31. The van der Waals surface area contributed by atoms with E-state index in [0.717, 1.165) is 10.1 Å². The number of nitrogens with zero attached hydrogens (tertiary/aromatic N) is 1. The third kappa shape index (κ3) is 1.66. The summed E-state index contributed by atoms with van der Waals surface area (Å²) in [6.45, 7) is 0. The maximum absolute atomic E-state index is 8.75. The maximum atomic E-state index is 8.75. The van der Waals surface area contributed by atoms with Crippen LogP contribution in [0.25, 0.3) is 10.1 Å². The van der Waals surface area contributed by atoms with Crippen LogP contribution in [0.1, 0.15) is 5.56 Å². The Kier molecular flexibility index (Phi) is 2.45. The first-order valence-corrected chi connectivity index (χ1v) is 5.77. The monoisotopic (exact) mass is 319 g/mol. The Morgan fingerprint density at radius 2 is 2.15 bits per heavy atom. The lowest BCUT2D eigenvalue weighted by atomic mass is 10.2. The molecule has 0 fully saturated rings. The minimum absolute atomic E-state index is 0.535. The molecule has 1 nitrogen and oxygen atoms in total. The summed E-state index contributed by atoms with van der Waals surface area (Å²) in [7, 11) is 0. The van der Waals surface area contributed by atoms with Gasteiger partial charge in [-0.15, -0.1) is 11.3 Å². The first-order chi connectivity index (χ1) is 6.20. The number of fused-ring (bicyclic) bond motifs is 1. The molecule has 13 heavy (non-hydrogen) atoms. The molecule has 0 unspecified atom stereocenters. The van der Waals surface area contributed by atoms with E-state index in [1.54, 1.807) is 11.3 Å². The molecule has 1 aromatic carbocycles. The van der Waals surface area contributed by atoms with Crippen LogP contribution in [0.2, 0.25) is 5.02 Å². The van der Waals surface area contributed by atoms with Crippen molar-refractivity contribution in [2.24, 2.45) is 0 Å². The Bertz CT molecular complexity index is 512. The van der Waals surface area contributed by atoms with Gasteiger partial charge in [-0.1, -0.05) is 11.6 Å². The highest BCUT2D eigenvalue weighted by molar-refractivity contribution is 14.1. The lowest BCUT2D eigenvalue weighted by molar-refractivity contribution is 1.50. The lowest BCUT2D eigenvalue weighted by Gasteiger charge is -1.93. The summed E-state index contributed by atoms with van der Waals surface area (Å²) in [5.74, 6) is 0. The molecule has 2 rings (SSSR count). The van der Waals surface area contributed by atoms with Gasteiger partial charge in [0.25, 0.3) is 0 Å². The second-order valence-electron chi connectivity index (χ2n) is 2.53. The van der Waals surface area contributed by atoms with Crippen LogP contribution in [0.15, 0.2) is 18.2 Å². The zero-order valence-corrected chi connectivity index (χ0v) is 10.1. The van der Waals surface area contributed by atoms with Crippen molar-refractivity contribution in [2.45, 2.75) is 0 Å². The molecule has 0 aliphatic carbocycles. The fraction of sp³-hybridized carbons (Fsp3) is 0. The standard InChI is InChI=1S/C9H3ClINS/c10-7-3-8-5(1-6(7)4-12)2-9(11)13-8/h1-3H. The van der Waals surface area contributed by atoms with Crippen molar-refractivity contribution in [3.8, 4) is 6.07 Å². The molecule has 0 N–H and O–H groups in total. The number of nitriles is 1. The van der Waals surface area contributed by atoms with Gasteiger partial charge >= 0.3 is 0 Å². The smallest absolute Gasteiger partial charge is 0.101 e. The van der Waals surface area contributed by atoms with Crippen LogP contribution in [0.3, 0.4) is 0 Å². The summed E-state index contributed by atoms with van der Waals surface area (Å²) in [5.41, 5.74) is 0.545. The molecule has 0 radical (unpaired) electrons. The van der Waals surface area contributed by atoms with Crippen molar-refractivity contribution in [3.05, 3.63) is 31.7 Å². The molecule has 1 heterocycles. The van der Waals surface area contributed by atoms with Gasteiger partial charge in [0.2, 0.25) is 0 Å². The Morgan fingerprint density at radius 1 is 1.38 bits per heavy atom. The first kappa shape index (κ1) is 9.25. The highest BCUT2D eigenvalue weighted by Gasteiger charge is 2.04. The van der Waals surface area contributed by atoms with Gasteiger partial charge in [0, 0.05) is 4.70 Å². The summed E-state index contributed by atoms with van der Waals surface area (Å²) in [5, 5.41) is 10.4. The molecule has 0 saturated heterocycles. The van der Waals surface area contributed by atoms with Crippen molar-refractivity contribution >= 4 is 55.6 Å². The largest absolute Gasteiger partial charge is 0.192 e. The number of hydrogen-bond donors (Lipinski definition) is 0. The van der Waals surface area contributed by atoms with Crippen molar-refractivity contribution in [2.75, 3.05) is 0 Å². The molecule has 0 aliphatic heterocycles. The summed E-state index contributed by atoms with van der Waals surface area (Å²) < 4.78 is 2.34. The van der Waals surface area contributed by atoms with Crippen LogP contribution >= 0.6 is 45.5 Å². The third-order valence-electron chi connectivity index (χ3n) is 1.70. The maximum Gasteiger partial charge on any atom is 0.101 e. The second kappa shape index (κ2) is 3.45. The van der Waals surface area contributed by atoms with E-state index in [1.165, 1.54) is 2.88 Å². The van der Waals surface area contributed by atoms with E-state index in [0.29, 0.717) is 10.6 Å². The molecule has 0 bridgehead atoms. The van der Waals surface area contributed by atoms with E-state index in [-0.39, 0.29) is 0 Å². The van der Waals surface area contributed by atoms with Gasteiger partial charge in [0.15, 0.2) is 0 Å². The normalized spacial score (nSPS) is 10.2. The molecule has 4 heteroatoms. The average Bonchev–Trinajstić information content (AvgIpc) is 2.42. The van der Waals surface area contributed by atoms with Crippen LogP contribution in [-0.2, 0) is 0 Å². The zero-order chi connectivity index (χ0) is 9.42. The average molecular weight is 320 g/mol. The molecular formula is C9H3ClINS. The topological polar surface area (TPSA) is 23.8 Å². The Hall–Kier alpha value is -0.310. The van der Waals surface area contributed by atoms with Crippen molar-refractivity contribution < 1.29 is 0 Å². The van der Waals surface area contributed by atoms with Gasteiger partial charge in [-0.2, -0.15) is 5.26 Å². The predicted molar refractivity (Wildman–Crippen MR) is 64.3 cm³/mol. The fourth-order valence-electron chi connectivity index (χ4n) is 1.12. The summed E-state index contributed by atoms with van der Waals surface area (Å²) in [4.78, 5) is 0. The number of thiophene rings is 1. The number of halogens is 2. The lowest BCUT2D eigenvalue weighted by Crippen LogP contribution is -1.74. The molecule has 1 aromatic heterocycles. The van der Waals surface area contributed by atoms with E-state index in [1.807, 2.05) is 12.1 Å². The molecular weight excluding hydrogens is 317 g/mol. The van der Waals surface area contributed by atoms with Gasteiger partial charge in [0.05, 0.1) is 13.5 Å². The second-order valence-corrected chi connectivity index (χ2v) is 5.92. The SMILES string of the molecule is N#Cc1cc2cc(I)sc2cc1Cl.